The highest BCUT2D eigenvalue weighted by Crippen LogP contribution is 2.22. The topological polar surface area (TPSA) is 35.6 Å². The smallest absolute Gasteiger partial charge is 0.261 e. The Balaban J connectivity index is 1.59. The Morgan fingerprint density at radius 3 is 2.65 bits per heavy atom. The third-order valence-electron chi connectivity index (χ3n) is 4.26. The van der Waals surface area contributed by atoms with E-state index in [-0.39, 0.29) is 5.91 Å². The molecule has 0 atom stereocenters. The largest absolute Gasteiger partial charge is 0.369 e. The van der Waals surface area contributed by atoms with Gasteiger partial charge in [-0.15, -0.1) is 11.3 Å². The second-order valence-electron chi connectivity index (χ2n) is 5.90. The maximum atomic E-state index is 12.0. The molecule has 5 heteroatoms. The number of amides is 1. The number of anilines is 1. The van der Waals surface area contributed by atoms with Crippen molar-refractivity contribution in [3.8, 4) is 0 Å². The van der Waals surface area contributed by atoms with Crippen LogP contribution in [0, 0.1) is 0 Å². The van der Waals surface area contributed by atoms with Crippen LogP contribution in [0.5, 0.6) is 0 Å². The molecular formula is C18H23N3OS. The molecule has 0 radical (unpaired) electrons. The van der Waals surface area contributed by atoms with Gasteiger partial charge in [0.2, 0.25) is 0 Å². The first-order valence-electron chi connectivity index (χ1n) is 8.07. The quantitative estimate of drug-likeness (QED) is 0.915. The molecule has 0 saturated carbocycles. The number of benzene rings is 1. The molecular weight excluding hydrogens is 306 g/mol. The average Bonchev–Trinajstić information content (AvgIpc) is 3.11. The van der Waals surface area contributed by atoms with Crippen LogP contribution in [0.25, 0.3) is 0 Å². The first-order valence-corrected chi connectivity index (χ1v) is 8.95. The van der Waals surface area contributed by atoms with E-state index in [0.29, 0.717) is 6.54 Å². The predicted molar refractivity (Wildman–Crippen MR) is 96.5 cm³/mol. The van der Waals surface area contributed by atoms with Crippen molar-refractivity contribution in [3.05, 3.63) is 52.2 Å². The van der Waals surface area contributed by atoms with Gasteiger partial charge in [0.1, 0.15) is 0 Å². The average molecular weight is 329 g/mol. The van der Waals surface area contributed by atoms with Gasteiger partial charge in [0.15, 0.2) is 0 Å². The number of nitrogens with zero attached hydrogens (tertiary/aromatic N) is 2. The molecule has 4 nitrogen and oxygen atoms in total. The minimum absolute atomic E-state index is 0.0251. The number of para-hydroxylation sites is 1. The lowest BCUT2D eigenvalue weighted by atomic mass is 10.1. The summed E-state index contributed by atoms with van der Waals surface area (Å²) < 4.78 is 0. The molecule has 0 unspecified atom stereocenters. The number of rotatable bonds is 5. The summed E-state index contributed by atoms with van der Waals surface area (Å²) in [6.07, 6.45) is 0.861. The summed E-state index contributed by atoms with van der Waals surface area (Å²) >= 11 is 1.48. The summed E-state index contributed by atoms with van der Waals surface area (Å²) in [7, 11) is 2.17. The van der Waals surface area contributed by atoms with Crippen LogP contribution in [0.3, 0.4) is 0 Å². The minimum Gasteiger partial charge on any atom is -0.369 e. The van der Waals surface area contributed by atoms with Gasteiger partial charge in [0, 0.05) is 38.4 Å². The molecule has 1 aromatic heterocycles. The molecule has 2 aromatic rings. The summed E-state index contributed by atoms with van der Waals surface area (Å²) in [6.45, 7) is 5.00. The molecule has 1 aliphatic rings. The zero-order valence-electron chi connectivity index (χ0n) is 13.5. The normalized spacial score (nSPS) is 15.6. The summed E-state index contributed by atoms with van der Waals surface area (Å²) in [5, 5.41) is 4.94. The van der Waals surface area contributed by atoms with Crippen molar-refractivity contribution in [1.29, 1.82) is 0 Å². The number of carbonyl (C=O) groups is 1. The molecule has 1 amide bonds. The standard InChI is InChI=1S/C18H23N3OS/c1-20-10-12-21(13-11-20)16-6-3-2-5-15(16)8-9-19-18(22)17-7-4-14-23-17/h2-7,14H,8-13H2,1H3,(H,19,22). The minimum atomic E-state index is 0.0251. The van der Waals surface area contributed by atoms with Gasteiger partial charge in [0.05, 0.1) is 4.88 Å². The predicted octanol–water partition coefficient (Wildman–Crippen LogP) is 2.47. The molecule has 122 valence electrons. The van der Waals surface area contributed by atoms with E-state index in [1.54, 1.807) is 0 Å². The Morgan fingerprint density at radius 2 is 1.91 bits per heavy atom. The Labute approximate surface area is 141 Å². The second kappa shape index (κ2) is 7.62. The maximum Gasteiger partial charge on any atom is 0.261 e. The van der Waals surface area contributed by atoms with E-state index in [2.05, 4.69) is 46.4 Å². The summed E-state index contributed by atoms with van der Waals surface area (Å²) in [5.41, 5.74) is 2.62. The number of hydrogen-bond acceptors (Lipinski definition) is 4. The van der Waals surface area contributed by atoms with E-state index >= 15 is 0 Å². The van der Waals surface area contributed by atoms with Crippen LogP contribution in [0.2, 0.25) is 0 Å². The van der Waals surface area contributed by atoms with Crippen molar-refractivity contribution >= 4 is 22.9 Å². The van der Waals surface area contributed by atoms with Crippen molar-refractivity contribution in [2.45, 2.75) is 6.42 Å². The molecule has 1 aliphatic heterocycles. The van der Waals surface area contributed by atoms with E-state index in [1.807, 2.05) is 17.5 Å². The van der Waals surface area contributed by atoms with Crippen molar-refractivity contribution in [1.82, 2.24) is 10.2 Å². The van der Waals surface area contributed by atoms with Crippen LogP contribution < -0.4 is 10.2 Å². The maximum absolute atomic E-state index is 12.0. The highest BCUT2D eigenvalue weighted by atomic mass is 32.1. The van der Waals surface area contributed by atoms with Gasteiger partial charge in [-0.1, -0.05) is 24.3 Å². The van der Waals surface area contributed by atoms with Gasteiger partial charge in [0.25, 0.3) is 5.91 Å². The number of carbonyl (C=O) groups excluding carboxylic acids is 1. The summed E-state index contributed by atoms with van der Waals surface area (Å²) in [5.74, 6) is 0.0251. The Kier molecular flexibility index (Phi) is 5.31. The van der Waals surface area contributed by atoms with Crippen molar-refractivity contribution in [3.63, 3.8) is 0 Å². The molecule has 1 saturated heterocycles. The summed E-state index contributed by atoms with van der Waals surface area (Å²) in [6, 6.07) is 12.3. The highest BCUT2D eigenvalue weighted by molar-refractivity contribution is 7.12. The zero-order valence-corrected chi connectivity index (χ0v) is 14.3. The molecule has 1 fully saturated rings. The number of piperazine rings is 1. The molecule has 3 rings (SSSR count). The number of nitrogens with one attached hydrogen (secondary N) is 1. The first kappa shape index (κ1) is 16.0. The molecule has 1 aromatic carbocycles. The van der Waals surface area contributed by atoms with Gasteiger partial charge in [-0.2, -0.15) is 0 Å². The van der Waals surface area contributed by atoms with E-state index < -0.39 is 0 Å². The fourth-order valence-corrected chi connectivity index (χ4v) is 3.52. The fraction of sp³-hybridized carbons (Fsp3) is 0.389. The number of hydrogen-bond donors (Lipinski definition) is 1. The van der Waals surface area contributed by atoms with Crippen molar-refractivity contribution < 1.29 is 4.79 Å². The molecule has 0 spiro atoms. The second-order valence-corrected chi connectivity index (χ2v) is 6.85. The molecule has 2 heterocycles. The van der Waals surface area contributed by atoms with Gasteiger partial charge in [-0.25, -0.2) is 0 Å². The lowest BCUT2D eigenvalue weighted by Gasteiger charge is -2.35. The molecule has 0 aliphatic carbocycles. The molecule has 23 heavy (non-hydrogen) atoms. The van der Waals surface area contributed by atoms with Gasteiger partial charge < -0.3 is 15.1 Å². The van der Waals surface area contributed by atoms with Crippen LogP contribution in [-0.2, 0) is 6.42 Å². The van der Waals surface area contributed by atoms with Crippen LogP contribution in [0.1, 0.15) is 15.2 Å². The van der Waals surface area contributed by atoms with Crippen LogP contribution in [0.4, 0.5) is 5.69 Å². The van der Waals surface area contributed by atoms with Crippen LogP contribution in [-0.4, -0.2) is 50.6 Å². The third kappa shape index (κ3) is 4.12. The SMILES string of the molecule is CN1CCN(c2ccccc2CCNC(=O)c2cccs2)CC1. The van der Waals surface area contributed by atoms with Crippen LogP contribution in [0.15, 0.2) is 41.8 Å². The lowest BCUT2D eigenvalue weighted by molar-refractivity contribution is 0.0958. The van der Waals surface area contributed by atoms with E-state index in [4.69, 9.17) is 0 Å². The number of thiophene rings is 1. The van der Waals surface area contributed by atoms with Crippen molar-refractivity contribution in [2.75, 3.05) is 44.7 Å². The molecule has 0 bridgehead atoms. The lowest BCUT2D eigenvalue weighted by Crippen LogP contribution is -2.44. The zero-order chi connectivity index (χ0) is 16.1. The van der Waals surface area contributed by atoms with E-state index in [0.717, 1.165) is 37.5 Å². The Bertz CT molecular complexity index is 633. The van der Waals surface area contributed by atoms with Crippen molar-refractivity contribution in [2.24, 2.45) is 0 Å². The first-order chi connectivity index (χ1) is 11.2. The van der Waals surface area contributed by atoms with Gasteiger partial charge in [-0.05, 0) is 36.5 Å². The Hall–Kier alpha value is -1.85. The van der Waals surface area contributed by atoms with E-state index in [1.165, 1.54) is 22.6 Å². The van der Waals surface area contributed by atoms with Gasteiger partial charge in [-0.3, -0.25) is 4.79 Å². The third-order valence-corrected chi connectivity index (χ3v) is 5.13. The monoisotopic (exact) mass is 329 g/mol. The summed E-state index contributed by atoms with van der Waals surface area (Å²) in [4.78, 5) is 17.6. The van der Waals surface area contributed by atoms with Crippen LogP contribution >= 0.6 is 11.3 Å². The Morgan fingerprint density at radius 1 is 1.13 bits per heavy atom. The fourth-order valence-electron chi connectivity index (χ4n) is 2.88. The number of likely N-dealkylation sites (N-methyl/N-ethyl adjacent to an activating group) is 1. The highest BCUT2D eigenvalue weighted by Gasteiger charge is 2.16. The molecule has 1 N–H and O–H groups in total. The van der Waals surface area contributed by atoms with Gasteiger partial charge >= 0.3 is 0 Å². The van der Waals surface area contributed by atoms with E-state index in [9.17, 15) is 4.79 Å².